The second-order valence-corrected chi connectivity index (χ2v) is 9.57. The summed E-state index contributed by atoms with van der Waals surface area (Å²) in [7, 11) is 2.17. The van der Waals surface area contributed by atoms with Gasteiger partial charge < -0.3 is 10.2 Å². The molecule has 0 unspecified atom stereocenters. The molecule has 1 aliphatic heterocycles. The van der Waals surface area contributed by atoms with Crippen LogP contribution < -0.4 is 5.32 Å². The molecule has 35 heavy (non-hydrogen) atoms. The van der Waals surface area contributed by atoms with E-state index in [1.807, 2.05) is 53.2 Å². The van der Waals surface area contributed by atoms with Gasteiger partial charge in [-0.1, -0.05) is 42.5 Å². The van der Waals surface area contributed by atoms with E-state index in [0.29, 0.717) is 11.2 Å². The predicted octanol–water partition coefficient (Wildman–Crippen LogP) is 4.68. The Morgan fingerprint density at radius 1 is 1.00 bits per heavy atom. The van der Waals surface area contributed by atoms with Gasteiger partial charge in [-0.15, -0.1) is 0 Å². The van der Waals surface area contributed by atoms with Crippen LogP contribution in [-0.2, 0) is 6.54 Å². The standard InChI is InChI=1S/C28H32N6O/c1-20(2)34-27-25(18-29-34)24(17-26(31-27)22-7-5-4-6-8-22)28(35)30-23-11-9-21(10-12-23)19-33-15-13-32(3)14-16-33/h4-12,17-18,20H,13-16,19H2,1-3H3,(H,30,35). The first kappa shape index (κ1) is 23.2. The summed E-state index contributed by atoms with van der Waals surface area (Å²) in [5, 5.41) is 8.35. The summed E-state index contributed by atoms with van der Waals surface area (Å²) < 4.78 is 1.87. The van der Waals surface area contributed by atoms with Crippen LogP contribution in [0.25, 0.3) is 22.3 Å². The summed E-state index contributed by atoms with van der Waals surface area (Å²) in [6, 6.07) is 20.1. The molecular weight excluding hydrogens is 436 g/mol. The Kier molecular flexibility index (Phi) is 6.61. The van der Waals surface area contributed by atoms with Crippen LogP contribution >= 0.6 is 0 Å². The van der Waals surface area contributed by atoms with Crippen molar-refractivity contribution in [3.8, 4) is 11.3 Å². The van der Waals surface area contributed by atoms with Crippen LogP contribution in [0, 0.1) is 0 Å². The number of nitrogens with one attached hydrogen (secondary N) is 1. The summed E-state index contributed by atoms with van der Waals surface area (Å²) in [5.74, 6) is -0.162. The highest BCUT2D eigenvalue weighted by Crippen LogP contribution is 2.27. The van der Waals surface area contributed by atoms with Crippen molar-refractivity contribution >= 4 is 22.6 Å². The molecule has 1 amide bonds. The van der Waals surface area contributed by atoms with Gasteiger partial charge in [-0.25, -0.2) is 9.67 Å². The maximum Gasteiger partial charge on any atom is 0.256 e. The number of carbonyl (C=O) groups is 1. The average Bonchev–Trinajstić information content (AvgIpc) is 3.31. The lowest BCUT2D eigenvalue weighted by molar-refractivity contribution is 0.102. The number of aromatic nitrogens is 3. The number of likely N-dealkylation sites (N-methyl/N-ethyl adjacent to an activating group) is 1. The fourth-order valence-electron chi connectivity index (χ4n) is 4.50. The van der Waals surface area contributed by atoms with Gasteiger partial charge >= 0.3 is 0 Å². The van der Waals surface area contributed by atoms with Crippen LogP contribution in [0.15, 0.2) is 66.9 Å². The molecule has 1 fully saturated rings. The number of fused-ring (bicyclic) bond motifs is 1. The van der Waals surface area contributed by atoms with E-state index in [0.717, 1.165) is 55.1 Å². The van der Waals surface area contributed by atoms with Crippen molar-refractivity contribution in [3.63, 3.8) is 0 Å². The number of hydrogen-bond acceptors (Lipinski definition) is 5. The average molecular weight is 469 g/mol. The molecule has 7 nitrogen and oxygen atoms in total. The van der Waals surface area contributed by atoms with Crippen molar-refractivity contribution in [2.75, 3.05) is 38.5 Å². The third-order valence-corrected chi connectivity index (χ3v) is 6.58. The lowest BCUT2D eigenvalue weighted by Crippen LogP contribution is -2.43. The first-order valence-corrected chi connectivity index (χ1v) is 12.2. The van der Waals surface area contributed by atoms with E-state index >= 15 is 0 Å². The Labute approximate surface area is 206 Å². The minimum atomic E-state index is -0.162. The molecule has 4 aromatic rings. The third-order valence-electron chi connectivity index (χ3n) is 6.58. The number of carbonyl (C=O) groups excluding carboxylic acids is 1. The molecule has 0 saturated carbocycles. The first-order valence-electron chi connectivity index (χ1n) is 12.2. The molecule has 0 aliphatic carbocycles. The summed E-state index contributed by atoms with van der Waals surface area (Å²) >= 11 is 0. The predicted molar refractivity (Wildman–Crippen MR) is 141 cm³/mol. The number of anilines is 1. The van der Waals surface area contributed by atoms with Crippen molar-refractivity contribution in [3.05, 3.63) is 78.0 Å². The Hall–Kier alpha value is -3.55. The molecule has 3 heterocycles. The van der Waals surface area contributed by atoms with Crippen LogP contribution in [0.1, 0.15) is 35.8 Å². The van der Waals surface area contributed by atoms with Crippen LogP contribution in [-0.4, -0.2) is 63.7 Å². The molecule has 2 aromatic carbocycles. The highest BCUT2D eigenvalue weighted by Gasteiger charge is 2.19. The number of nitrogens with zero attached hydrogens (tertiary/aromatic N) is 5. The van der Waals surface area contributed by atoms with Crippen LogP contribution in [0.2, 0.25) is 0 Å². The molecule has 1 N–H and O–H groups in total. The van der Waals surface area contributed by atoms with E-state index in [4.69, 9.17) is 4.98 Å². The summed E-state index contributed by atoms with van der Waals surface area (Å²) in [6.07, 6.45) is 1.74. The van der Waals surface area contributed by atoms with Gasteiger partial charge in [-0.05, 0) is 44.7 Å². The molecule has 0 radical (unpaired) electrons. The largest absolute Gasteiger partial charge is 0.322 e. The molecular formula is C28H32N6O. The highest BCUT2D eigenvalue weighted by atomic mass is 16.1. The Morgan fingerprint density at radius 2 is 1.71 bits per heavy atom. The molecule has 0 atom stereocenters. The van der Waals surface area contributed by atoms with E-state index in [2.05, 4.69) is 53.2 Å². The van der Waals surface area contributed by atoms with Gasteiger partial charge in [0.2, 0.25) is 0 Å². The van der Waals surface area contributed by atoms with E-state index in [1.165, 1.54) is 5.56 Å². The zero-order chi connectivity index (χ0) is 24.4. The lowest BCUT2D eigenvalue weighted by atomic mass is 10.1. The van der Waals surface area contributed by atoms with Gasteiger partial charge in [-0.3, -0.25) is 9.69 Å². The molecule has 7 heteroatoms. The Morgan fingerprint density at radius 3 is 2.40 bits per heavy atom. The number of amides is 1. The van der Waals surface area contributed by atoms with E-state index < -0.39 is 0 Å². The van der Waals surface area contributed by atoms with Crippen molar-refractivity contribution in [1.29, 1.82) is 0 Å². The first-order chi connectivity index (χ1) is 17.0. The van der Waals surface area contributed by atoms with Gasteiger partial charge in [0.15, 0.2) is 5.65 Å². The monoisotopic (exact) mass is 468 g/mol. The zero-order valence-electron chi connectivity index (χ0n) is 20.6. The molecule has 1 saturated heterocycles. The van der Waals surface area contributed by atoms with Crippen molar-refractivity contribution < 1.29 is 4.79 Å². The number of hydrogen-bond donors (Lipinski definition) is 1. The molecule has 1 aliphatic rings. The van der Waals surface area contributed by atoms with E-state index in [9.17, 15) is 4.79 Å². The molecule has 180 valence electrons. The fourth-order valence-corrected chi connectivity index (χ4v) is 4.50. The minimum absolute atomic E-state index is 0.134. The maximum absolute atomic E-state index is 13.4. The van der Waals surface area contributed by atoms with Crippen LogP contribution in [0.4, 0.5) is 5.69 Å². The minimum Gasteiger partial charge on any atom is -0.322 e. The normalized spacial score (nSPS) is 15.1. The maximum atomic E-state index is 13.4. The van der Waals surface area contributed by atoms with E-state index in [1.54, 1.807) is 6.20 Å². The van der Waals surface area contributed by atoms with Gasteiger partial charge in [0, 0.05) is 50.0 Å². The summed E-state index contributed by atoms with van der Waals surface area (Å²) in [4.78, 5) is 23.1. The van der Waals surface area contributed by atoms with Gasteiger partial charge in [0.1, 0.15) is 0 Å². The number of piperazine rings is 1. The van der Waals surface area contributed by atoms with Gasteiger partial charge in [0.05, 0.1) is 22.8 Å². The lowest BCUT2D eigenvalue weighted by Gasteiger charge is -2.32. The smallest absolute Gasteiger partial charge is 0.256 e. The third kappa shape index (κ3) is 5.11. The van der Waals surface area contributed by atoms with Gasteiger partial charge in [0.25, 0.3) is 5.91 Å². The highest BCUT2D eigenvalue weighted by molar-refractivity contribution is 6.12. The molecule has 0 bridgehead atoms. The summed E-state index contributed by atoms with van der Waals surface area (Å²) in [5.41, 5.74) is 5.04. The van der Waals surface area contributed by atoms with Crippen LogP contribution in [0.3, 0.4) is 0 Å². The second kappa shape index (κ2) is 9.98. The Bertz CT molecular complexity index is 1300. The number of benzene rings is 2. The topological polar surface area (TPSA) is 66.3 Å². The fraction of sp³-hybridized carbons (Fsp3) is 0.321. The van der Waals surface area contributed by atoms with Crippen LogP contribution in [0.5, 0.6) is 0 Å². The quantitative estimate of drug-likeness (QED) is 0.445. The molecule has 0 spiro atoms. The van der Waals surface area contributed by atoms with Gasteiger partial charge in [-0.2, -0.15) is 5.10 Å². The molecule has 5 rings (SSSR count). The van der Waals surface area contributed by atoms with Crippen molar-refractivity contribution in [2.45, 2.75) is 26.4 Å². The second-order valence-electron chi connectivity index (χ2n) is 9.57. The zero-order valence-corrected chi connectivity index (χ0v) is 20.6. The SMILES string of the molecule is CC(C)n1ncc2c(C(=O)Nc3ccc(CN4CCN(C)CC4)cc3)cc(-c3ccccc3)nc21. The van der Waals surface area contributed by atoms with E-state index in [-0.39, 0.29) is 11.9 Å². The number of rotatable bonds is 6. The van der Waals surface area contributed by atoms with Crippen molar-refractivity contribution in [1.82, 2.24) is 24.6 Å². The Balaban J connectivity index is 1.39. The summed E-state index contributed by atoms with van der Waals surface area (Å²) in [6.45, 7) is 9.43. The van der Waals surface area contributed by atoms with Crippen molar-refractivity contribution in [2.24, 2.45) is 0 Å². The number of pyridine rings is 1. The molecule has 2 aromatic heterocycles.